The molecule has 0 saturated heterocycles. The molecule has 0 fully saturated rings. The Morgan fingerprint density at radius 2 is 1.25 bits per heavy atom. The second-order valence-electron chi connectivity index (χ2n) is 3.35. The van der Waals surface area contributed by atoms with Crippen molar-refractivity contribution in [2.24, 2.45) is 0 Å². The Hall–Kier alpha value is -3.95. The summed E-state index contributed by atoms with van der Waals surface area (Å²) in [4.78, 5) is 19.4. The largest absolute Gasteiger partial charge is 0.341 e. The van der Waals surface area contributed by atoms with Crippen LogP contribution in [0.25, 0.3) is 0 Å². The van der Waals surface area contributed by atoms with Crippen molar-refractivity contribution in [1.29, 1.82) is 21.0 Å². The van der Waals surface area contributed by atoms with Gasteiger partial charge >= 0.3 is 6.03 Å². The molecule has 0 aliphatic rings. The quantitative estimate of drug-likeness (QED) is 0.652. The first-order valence-electron chi connectivity index (χ1n) is 4.97. The van der Waals surface area contributed by atoms with Crippen molar-refractivity contribution in [3.8, 4) is 24.3 Å². The molecule has 9 nitrogen and oxygen atoms in total. The SMILES string of the molecule is N#Cc1ncn(C(=O)n2cnc(C#N)c2C#N)c1C#N. The van der Waals surface area contributed by atoms with Crippen molar-refractivity contribution < 1.29 is 4.79 Å². The zero-order valence-electron chi connectivity index (χ0n) is 9.64. The summed E-state index contributed by atoms with van der Waals surface area (Å²) in [5, 5.41) is 35.4. The van der Waals surface area contributed by atoms with Crippen molar-refractivity contribution in [2.75, 3.05) is 0 Å². The Kier molecular flexibility index (Phi) is 2.96. The lowest BCUT2D eigenvalue weighted by Crippen LogP contribution is -2.20. The first-order valence-corrected chi connectivity index (χ1v) is 4.97. The molecule has 0 bridgehead atoms. The van der Waals surface area contributed by atoms with E-state index in [2.05, 4.69) is 9.97 Å². The van der Waals surface area contributed by atoms with E-state index in [1.54, 1.807) is 24.3 Å². The molecule has 0 atom stereocenters. The zero-order valence-corrected chi connectivity index (χ0v) is 9.64. The number of nitrogens with zero attached hydrogens (tertiary/aromatic N) is 8. The molecule has 0 aromatic carbocycles. The third kappa shape index (κ3) is 1.65. The van der Waals surface area contributed by atoms with Crippen molar-refractivity contribution in [3.63, 3.8) is 0 Å². The Balaban J connectivity index is 2.61. The zero-order chi connectivity index (χ0) is 14.7. The molecule has 2 aromatic heterocycles. The molecule has 92 valence electrons. The van der Waals surface area contributed by atoms with Gasteiger partial charge in [0.05, 0.1) is 0 Å². The second-order valence-corrected chi connectivity index (χ2v) is 3.35. The lowest BCUT2D eigenvalue weighted by atomic mass is 10.3. The van der Waals surface area contributed by atoms with Crippen LogP contribution in [-0.4, -0.2) is 25.1 Å². The summed E-state index contributed by atoms with van der Waals surface area (Å²) < 4.78 is 1.62. The van der Waals surface area contributed by atoms with Crippen LogP contribution < -0.4 is 0 Å². The Morgan fingerprint density at radius 3 is 1.55 bits per heavy atom. The van der Waals surface area contributed by atoms with E-state index in [0.717, 1.165) is 21.8 Å². The first-order chi connectivity index (χ1) is 9.67. The van der Waals surface area contributed by atoms with Crippen LogP contribution in [0.2, 0.25) is 0 Å². The Morgan fingerprint density at radius 1 is 0.850 bits per heavy atom. The van der Waals surface area contributed by atoms with Crippen LogP contribution in [-0.2, 0) is 0 Å². The molecular weight excluding hydrogens is 260 g/mol. The molecule has 0 saturated carbocycles. The van der Waals surface area contributed by atoms with Gasteiger partial charge in [0.25, 0.3) is 0 Å². The van der Waals surface area contributed by atoms with Crippen molar-refractivity contribution >= 4 is 6.03 Å². The van der Waals surface area contributed by atoms with Gasteiger partial charge in [0.1, 0.15) is 36.9 Å². The second kappa shape index (κ2) is 4.73. The van der Waals surface area contributed by atoms with Gasteiger partial charge in [0.15, 0.2) is 22.8 Å². The number of rotatable bonds is 0. The van der Waals surface area contributed by atoms with Crippen LogP contribution in [0, 0.1) is 45.3 Å². The fraction of sp³-hybridized carbons (Fsp3) is 0. The van der Waals surface area contributed by atoms with Gasteiger partial charge in [0, 0.05) is 0 Å². The van der Waals surface area contributed by atoms with Gasteiger partial charge < -0.3 is 0 Å². The number of aromatic nitrogens is 4. The average molecular weight is 262 g/mol. The summed E-state index contributed by atoms with van der Waals surface area (Å²) in [7, 11) is 0. The smallest absolute Gasteiger partial charge is 0.247 e. The Labute approximate surface area is 111 Å². The number of hydrogen-bond donors (Lipinski definition) is 0. The molecule has 0 aliphatic heterocycles. The summed E-state index contributed by atoms with van der Waals surface area (Å²) in [5.41, 5.74) is -0.929. The van der Waals surface area contributed by atoms with E-state index in [-0.39, 0.29) is 22.8 Å². The monoisotopic (exact) mass is 262 g/mol. The van der Waals surface area contributed by atoms with E-state index in [4.69, 9.17) is 21.0 Å². The maximum absolute atomic E-state index is 12.2. The number of carbonyl (C=O) groups excluding carboxylic acids is 1. The molecule has 2 rings (SSSR count). The molecule has 20 heavy (non-hydrogen) atoms. The number of nitriles is 4. The normalized spacial score (nSPS) is 9.00. The molecule has 0 N–H and O–H groups in total. The Bertz CT molecular complexity index is 801. The van der Waals surface area contributed by atoms with Crippen molar-refractivity contribution in [2.45, 2.75) is 0 Å². The maximum Gasteiger partial charge on any atom is 0.341 e. The number of imidazole rings is 2. The topological polar surface area (TPSA) is 148 Å². The molecule has 0 radical (unpaired) electrons. The highest BCUT2D eigenvalue weighted by Crippen LogP contribution is 2.10. The molecule has 9 heteroatoms. The van der Waals surface area contributed by atoms with E-state index in [1.807, 2.05) is 0 Å². The molecule has 0 amide bonds. The highest BCUT2D eigenvalue weighted by molar-refractivity contribution is 5.82. The van der Waals surface area contributed by atoms with Crippen LogP contribution in [0.15, 0.2) is 12.7 Å². The molecular formula is C11H2N8O. The third-order valence-corrected chi connectivity index (χ3v) is 2.37. The highest BCUT2D eigenvalue weighted by Gasteiger charge is 2.21. The van der Waals surface area contributed by atoms with Crippen LogP contribution in [0.4, 0.5) is 4.79 Å². The number of carbonyl (C=O) groups is 1. The predicted molar refractivity (Wildman–Crippen MR) is 59.5 cm³/mol. The van der Waals surface area contributed by atoms with Crippen LogP contribution in [0.3, 0.4) is 0 Å². The maximum atomic E-state index is 12.2. The van der Waals surface area contributed by atoms with Gasteiger partial charge in [-0.05, 0) is 0 Å². The fourth-order valence-electron chi connectivity index (χ4n) is 1.48. The molecule has 2 heterocycles. The van der Waals surface area contributed by atoms with Gasteiger partial charge in [-0.2, -0.15) is 21.0 Å². The average Bonchev–Trinajstić information content (AvgIpc) is 3.08. The van der Waals surface area contributed by atoms with E-state index in [1.165, 1.54) is 0 Å². The van der Waals surface area contributed by atoms with Gasteiger partial charge in [-0.15, -0.1) is 0 Å². The minimum Gasteiger partial charge on any atom is -0.247 e. The summed E-state index contributed by atoms with van der Waals surface area (Å²) in [6, 6.07) is 5.87. The fourth-order valence-corrected chi connectivity index (χ4v) is 1.48. The van der Waals surface area contributed by atoms with Gasteiger partial charge in [-0.3, -0.25) is 0 Å². The van der Waals surface area contributed by atoms with Crippen LogP contribution in [0.5, 0.6) is 0 Å². The third-order valence-electron chi connectivity index (χ3n) is 2.37. The van der Waals surface area contributed by atoms with Gasteiger partial charge in [0.2, 0.25) is 0 Å². The van der Waals surface area contributed by atoms with E-state index < -0.39 is 6.03 Å². The summed E-state index contributed by atoms with van der Waals surface area (Å²) in [5.74, 6) is 0. The lowest BCUT2D eigenvalue weighted by molar-refractivity contribution is 0.243. The van der Waals surface area contributed by atoms with Gasteiger partial charge in [-0.1, -0.05) is 0 Å². The van der Waals surface area contributed by atoms with E-state index >= 15 is 0 Å². The van der Waals surface area contributed by atoms with Crippen LogP contribution >= 0.6 is 0 Å². The van der Waals surface area contributed by atoms with E-state index in [9.17, 15) is 4.79 Å². The van der Waals surface area contributed by atoms with Crippen LogP contribution in [0.1, 0.15) is 22.8 Å². The summed E-state index contributed by atoms with van der Waals surface area (Å²) >= 11 is 0. The first kappa shape index (κ1) is 12.5. The molecule has 2 aromatic rings. The number of hydrogen-bond acceptors (Lipinski definition) is 7. The molecule has 0 unspecified atom stereocenters. The van der Waals surface area contributed by atoms with Crippen molar-refractivity contribution in [3.05, 3.63) is 35.4 Å². The van der Waals surface area contributed by atoms with E-state index in [0.29, 0.717) is 0 Å². The minimum atomic E-state index is -0.832. The highest BCUT2D eigenvalue weighted by atomic mass is 16.2. The van der Waals surface area contributed by atoms with Gasteiger partial charge in [-0.25, -0.2) is 23.9 Å². The molecule has 0 aliphatic carbocycles. The summed E-state index contributed by atoms with van der Waals surface area (Å²) in [6.07, 6.45) is 1.99. The standard InChI is InChI=1S/C11H2N8O/c12-1-7-9(3-14)18(5-16-7)11(20)19-6-17-8(2-13)10(19)4-15/h5-6H. The molecule has 0 spiro atoms. The van der Waals surface area contributed by atoms with Crippen molar-refractivity contribution in [1.82, 2.24) is 19.1 Å². The predicted octanol–water partition coefficient (Wildman–Crippen LogP) is 0.0827. The minimum absolute atomic E-state index is 0.208. The summed E-state index contributed by atoms with van der Waals surface area (Å²) in [6.45, 7) is 0. The lowest BCUT2D eigenvalue weighted by Gasteiger charge is -2.03.